The molecular formula is C13H18F3N3O2. The second kappa shape index (κ2) is 5.97. The fourth-order valence-corrected chi connectivity index (χ4v) is 1.55. The van der Waals surface area contributed by atoms with E-state index in [4.69, 9.17) is 0 Å². The smallest absolute Gasteiger partial charge is 0.379 e. The number of alkyl halides is 3. The maximum absolute atomic E-state index is 12.5. The molecule has 0 bridgehead atoms. The summed E-state index contributed by atoms with van der Waals surface area (Å²) < 4.78 is 37.6. The first-order chi connectivity index (χ1) is 9.45. The van der Waals surface area contributed by atoms with E-state index in [2.05, 4.69) is 15.3 Å². The summed E-state index contributed by atoms with van der Waals surface area (Å²) in [6.45, 7) is 4.93. The number of aryl methyl sites for hydroxylation is 1. The lowest BCUT2D eigenvalue weighted by atomic mass is 10.0. The normalized spacial score (nSPS) is 14.9. The topological polar surface area (TPSA) is 75.1 Å². The van der Waals surface area contributed by atoms with Crippen LogP contribution in [0.1, 0.15) is 48.6 Å². The first-order valence-electron chi connectivity index (χ1n) is 6.36. The lowest BCUT2D eigenvalue weighted by molar-refractivity contribution is -0.249. The van der Waals surface area contributed by atoms with Gasteiger partial charge in [-0.1, -0.05) is 13.8 Å². The van der Waals surface area contributed by atoms with Gasteiger partial charge in [0.25, 0.3) is 5.91 Å². The molecule has 1 rings (SSSR count). The number of carbonyl (C=O) groups excluding carboxylic acids is 1. The molecule has 0 spiro atoms. The number of amides is 1. The Morgan fingerprint density at radius 1 is 1.43 bits per heavy atom. The Bertz CT molecular complexity index is 528. The third-order valence-electron chi connectivity index (χ3n) is 2.93. The summed E-state index contributed by atoms with van der Waals surface area (Å²) in [6, 6.07) is 0. The van der Waals surface area contributed by atoms with Crippen molar-refractivity contribution in [2.75, 3.05) is 6.54 Å². The Morgan fingerprint density at radius 3 is 2.48 bits per heavy atom. The van der Waals surface area contributed by atoms with Crippen molar-refractivity contribution in [1.29, 1.82) is 0 Å². The van der Waals surface area contributed by atoms with Gasteiger partial charge in [-0.05, 0) is 19.8 Å². The molecule has 8 heteroatoms. The highest BCUT2D eigenvalue weighted by molar-refractivity contribution is 5.95. The third-order valence-corrected chi connectivity index (χ3v) is 2.93. The van der Waals surface area contributed by atoms with Gasteiger partial charge in [0.1, 0.15) is 5.82 Å². The molecule has 0 radical (unpaired) electrons. The van der Waals surface area contributed by atoms with E-state index < -0.39 is 24.2 Å². The second-order valence-corrected chi connectivity index (χ2v) is 5.33. The number of halogens is 3. The van der Waals surface area contributed by atoms with Crippen molar-refractivity contribution in [2.24, 2.45) is 0 Å². The Hall–Kier alpha value is -1.70. The largest absolute Gasteiger partial charge is 0.418 e. The molecule has 1 heterocycles. The lowest BCUT2D eigenvalue weighted by Gasteiger charge is -2.26. The molecule has 0 aliphatic rings. The van der Waals surface area contributed by atoms with Crippen LogP contribution in [0.4, 0.5) is 13.2 Å². The van der Waals surface area contributed by atoms with Crippen LogP contribution >= 0.6 is 0 Å². The molecule has 1 amide bonds. The standard InChI is InChI=1S/C13H18F3N3O2/c1-7(2)10-9(5-17-8(3)19-10)11(20)18-6-12(4,21)13(14,15)16/h5,7,21H,6H2,1-4H3,(H,18,20). The number of hydrogen-bond acceptors (Lipinski definition) is 4. The van der Waals surface area contributed by atoms with Gasteiger partial charge in [0.15, 0.2) is 5.60 Å². The van der Waals surface area contributed by atoms with Crippen LogP contribution in [0.25, 0.3) is 0 Å². The molecule has 0 aliphatic carbocycles. The average Bonchev–Trinajstić information content (AvgIpc) is 2.34. The molecule has 1 unspecified atom stereocenters. The number of carbonyl (C=O) groups is 1. The van der Waals surface area contributed by atoms with Gasteiger partial charge in [0, 0.05) is 6.20 Å². The number of hydrogen-bond donors (Lipinski definition) is 2. The quantitative estimate of drug-likeness (QED) is 0.891. The molecular weight excluding hydrogens is 287 g/mol. The molecule has 2 N–H and O–H groups in total. The Kier molecular flexibility index (Phi) is 4.93. The SMILES string of the molecule is Cc1ncc(C(=O)NCC(C)(O)C(F)(F)F)c(C(C)C)n1. The van der Waals surface area contributed by atoms with Gasteiger partial charge in [-0.3, -0.25) is 4.79 Å². The molecule has 21 heavy (non-hydrogen) atoms. The van der Waals surface area contributed by atoms with Gasteiger partial charge in [-0.25, -0.2) is 9.97 Å². The molecule has 0 aromatic carbocycles. The van der Waals surface area contributed by atoms with E-state index in [1.165, 1.54) is 6.20 Å². The zero-order chi connectivity index (χ0) is 16.4. The first-order valence-corrected chi connectivity index (χ1v) is 6.36. The zero-order valence-electron chi connectivity index (χ0n) is 12.2. The number of nitrogens with zero attached hydrogens (tertiary/aromatic N) is 2. The first kappa shape index (κ1) is 17.4. The monoisotopic (exact) mass is 305 g/mol. The average molecular weight is 305 g/mol. The van der Waals surface area contributed by atoms with Gasteiger partial charge in [0.05, 0.1) is 17.8 Å². The van der Waals surface area contributed by atoms with Crippen LogP contribution in [0.5, 0.6) is 0 Å². The minimum absolute atomic E-state index is 0.0874. The van der Waals surface area contributed by atoms with Crippen LogP contribution in [0, 0.1) is 6.92 Å². The van der Waals surface area contributed by atoms with E-state index in [9.17, 15) is 23.1 Å². The van der Waals surface area contributed by atoms with Crippen molar-refractivity contribution in [2.45, 2.75) is 45.4 Å². The minimum Gasteiger partial charge on any atom is -0.379 e. The van der Waals surface area contributed by atoms with Gasteiger partial charge in [-0.15, -0.1) is 0 Å². The highest BCUT2D eigenvalue weighted by Crippen LogP contribution is 2.29. The van der Waals surface area contributed by atoms with Crippen LogP contribution in [0.3, 0.4) is 0 Å². The number of rotatable bonds is 4. The maximum Gasteiger partial charge on any atom is 0.418 e. The van der Waals surface area contributed by atoms with Crippen molar-refractivity contribution in [1.82, 2.24) is 15.3 Å². The number of aliphatic hydroxyl groups is 1. The van der Waals surface area contributed by atoms with Gasteiger partial charge in [-0.2, -0.15) is 13.2 Å². The van der Waals surface area contributed by atoms with Crippen LogP contribution < -0.4 is 5.32 Å². The van der Waals surface area contributed by atoms with E-state index in [0.29, 0.717) is 18.4 Å². The Labute approximate surface area is 120 Å². The Balaban J connectivity index is 2.91. The van der Waals surface area contributed by atoms with E-state index in [1.54, 1.807) is 6.92 Å². The highest BCUT2D eigenvalue weighted by Gasteiger charge is 2.49. The highest BCUT2D eigenvalue weighted by atomic mass is 19.4. The van der Waals surface area contributed by atoms with Crippen LogP contribution in [-0.4, -0.2) is 39.3 Å². The number of aromatic nitrogens is 2. The van der Waals surface area contributed by atoms with E-state index >= 15 is 0 Å². The molecule has 0 aliphatic heterocycles. The summed E-state index contributed by atoms with van der Waals surface area (Å²) in [5, 5.41) is 11.4. The molecule has 0 fully saturated rings. The predicted octanol–water partition coefficient (Wildman–Crippen LogP) is 1.95. The molecule has 0 saturated heterocycles. The minimum atomic E-state index is -4.83. The number of nitrogens with one attached hydrogen (secondary N) is 1. The van der Waals surface area contributed by atoms with Crippen molar-refractivity contribution in [3.63, 3.8) is 0 Å². The summed E-state index contributed by atoms with van der Waals surface area (Å²) in [5.41, 5.74) is -2.44. The van der Waals surface area contributed by atoms with Crippen molar-refractivity contribution in [3.8, 4) is 0 Å². The maximum atomic E-state index is 12.5. The summed E-state index contributed by atoms with van der Waals surface area (Å²) in [7, 11) is 0. The van der Waals surface area contributed by atoms with Crippen LogP contribution in [0.2, 0.25) is 0 Å². The van der Waals surface area contributed by atoms with Crippen molar-refractivity contribution >= 4 is 5.91 Å². The summed E-state index contributed by atoms with van der Waals surface area (Å²) >= 11 is 0. The van der Waals surface area contributed by atoms with Crippen molar-refractivity contribution in [3.05, 3.63) is 23.3 Å². The van der Waals surface area contributed by atoms with Crippen LogP contribution in [-0.2, 0) is 0 Å². The van der Waals surface area contributed by atoms with Gasteiger partial charge in [0.2, 0.25) is 0 Å². The molecule has 118 valence electrons. The third kappa shape index (κ3) is 4.13. The Morgan fingerprint density at radius 2 is 2.00 bits per heavy atom. The molecule has 1 atom stereocenters. The van der Waals surface area contributed by atoms with Crippen LogP contribution in [0.15, 0.2) is 6.20 Å². The second-order valence-electron chi connectivity index (χ2n) is 5.33. The summed E-state index contributed by atoms with van der Waals surface area (Å²) in [5.74, 6) is -0.365. The van der Waals surface area contributed by atoms with E-state index in [1.807, 2.05) is 13.8 Å². The van der Waals surface area contributed by atoms with Gasteiger partial charge < -0.3 is 10.4 Å². The zero-order valence-corrected chi connectivity index (χ0v) is 12.2. The van der Waals surface area contributed by atoms with E-state index in [-0.39, 0.29) is 11.5 Å². The predicted molar refractivity (Wildman–Crippen MR) is 69.9 cm³/mol. The van der Waals surface area contributed by atoms with Crippen molar-refractivity contribution < 1.29 is 23.1 Å². The fourth-order valence-electron chi connectivity index (χ4n) is 1.55. The molecule has 1 aromatic heterocycles. The summed E-state index contributed by atoms with van der Waals surface area (Å²) in [6.07, 6.45) is -3.56. The van der Waals surface area contributed by atoms with Gasteiger partial charge >= 0.3 is 6.18 Å². The molecule has 0 saturated carbocycles. The lowest BCUT2D eigenvalue weighted by Crippen LogP contribution is -2.51. The molecule has 1 aromatic rings. The summed E-state index contributed by atoms with van der Waals surface area (Å²) in [4.78, 5) is 20.0. The molecule has 5 nitrogen and oxygen atoms in total. The van der Waals surface area contributed by atoms with E-state index in [0.717, 1.165) is 0 Å². The fraction of sp³-hybridized carbons (Fsp3) is 0.615.